The standard InChI is InChI=1S/C20H23F3N4O2/c21-20(22,23)11-25-14-2-4-15(5-3-14)26-19(28)13-1-6-18-16(9-13)17-10-24-12-27(17)7-8-29-18/h1,6,9-10,12,14-15,25H,2-5,7-8,11H2,(H,26,28). The van der Waals surface area contributed by atoms with Crippen LogP contribution >= 0.6 is 0 Å². The molecule has 1 amide bonds. The van der Waals surface area contributed by atoms with Crippen molar-refractivity contribution in [2.75, 3.05) is 13.2 Å². The van der Waals surface area contributed by atoms with Gasteiger partial charge in [-0.05, 0) is 43.9 Å². The molecule has 4 rings (SSSR count). The summed E-state index contributed by atoms with van der Waals surface area (Å²) >= 11 is 0. The maximum absolute atomic E-state index is 12.7. The largest absolute Gasteiger partial charge is 0.491 e. The number of benzene rings is 1. The normalized spacial score (nSPS) is 21.5. The summed E-state index contributed by atoms with van der Waals surface area (Å²) in [6.07, 6.45) is 1.83. The molecule has 1 aliphatic carbocycles. The van der Waals surface area contributed by atoms with Crippen LogP contribution in [0, 0.1) is 0 Å². The molecule has 1 aliphatic heterocycles. The third-order valence-corrected chi connectivity index (χ3v) is 5.47. The van der Waals surface area contributed by atoms with Crippen LogP contribution in [-0.4, -0.2) is 46.9 Å². The molecule has 0 bridgehead atoms. The van der Waals surface area contributed by atoms with E-state index >= 15 is 0 Å². The second-order valence-corrected chi connectivity index (χ2v) is 7.55. The molecule has 1 aromatic heterocycles. The van der Waals surface area contributed by atoms with Crippen molar-refractivity contribution in [1.82, 2.24) is 20.2 Å². The molecular formula is C20H23F3N4O2. The number of carbonyl (C=O) groups is 1. The van der Waals surface area contributed by atoms with E-state index in [0.29, 0.717) is 44.4 Å². The van der Waals surface area contributed by atoms with E-state index in [9.17, 15) is 18.0 Å². The van der Waals surface area contributed by atoms with E-state index in [1.54, 1.807) is 30.7 Å². The van der Waals surface area contributed by atoms with Crippen LogP contribution in [0.5, 0.6) is 5.75 Å². The Hall–Kier alpha value is -2.55. The Morgan fingerprint density at radius 1 is 1.21 bits per heavy atom. The van der Waals surface area contributed by atoms with E-state index in [1.165, 1.54) is 0 Å². The summed E-state index contributed by atoms with van der Waals surface area (Å²) in [5.41, 5.74) is 2.26. The number of ether oxygens (including phenoxy) is 1. The van der Waals surface area contributed by atoms with Gasteiger partial charge in [-0.15, -0.1) is 0 Å². The van der Waals surface area contributed by atoms with Gasteiger partial charge in [0.25, 0.3) is 5.91 Å². The first kappa shape index (κ1) is 19.8. The smallest absolute Gasteiger partial charge is 0.401 e. The van der Waals surface area contributed by atoms with Crippen LogP contribution in [-0.2, 0) is 6.54 Å². The maximum Gasteiger partial charge on any atom is 0.401 e. The zero-order chi connectivity index (χ0) is 20.4. The minimum absolute atomic E-state index is 0.0352. The van der Waals surface area contributed by atoms with Crippen LogP contribution in [0.15, 0.2) is 30.7 Å². The van der Waals surface area contributed by atoms with Crippen molar-refractivity contribution in [3.8, 4) is 17.0 Å². The molecule has 1 fully saturated rings. The number of alkyl halides is 3. The van der Waals surface area contributed by atoms with Crippen LogP contribution in [0.2, 0.25) is 0 Å². The molecule has 6 nitrogen and oxygen atoms in total. The number of imidazole rings is 1. The van der Waals surface area contributed by atoms with Crippen molar-refractivity contribution in [3.63, 3.8) is 0 Å². The number of carbonyl (C=O) groups excluding carboxylic acids is 1. The van der Waals surface area contributed by atoms with Gasteiger partial charge in [0.2, 0.25) is 0 Å². The van der Waals surface area contributed by atoms with Crippen molar-refractivity contribution in [1.29, 1.82) is 0 Å². The molecule has 156 valence electrons. The molecule has 1 aromatic carbocycles. The fraction of sp³-hybridized carbons (Fsp3) is 0.500. The van der Waals surface area contributed by atoms with Crippen LogP contribution < -0.4 is 15.4 Å². The maximum atomic E-state index is 12.7. The SMILES string of the molecule is O=C(NC1CCC(NCC(F)(F)F)CC1)c1ccc2c(c1)-c1cncn1CCO2. The monoisotopic (exact) mass is 408 g/mol. The second-order valence-electron chi connectivity index (χ2n) is 7.55. The highest BCUT2D eigenvalue weighted by molar-refractivity contribution is 5.96. The Morgan fingerprint density at radius 3 is 2.72 bits per heavy atom. The lowest BCUT2D eigenvalue weighted by Crippen LogP contribution is -2.44. The highest BCUT2D eigenvalue weighted by atomic mass is 19.4. The zero-order valence-corrected chi connectivity index (χ0v) is 15.8. The number of nitrogens with one attached hydrogen (secondary N) is 2. The molecule has 2 aromatic rings. The average molecular weight is 408 g/mol. The van der Waals surface area contributed by atoms with Crippen molar-refractivity contribution in [2.45, 2.75) is 50.5 Å². The summed E-state index contributed by atoms with van der Waals surface area (Å²) in [5, 5.41) is 5.57. The van der Waals surface area contributed by atoms with Gasteiger partial charge in [0.1, 0.15) is 12.4 Å². The minimum Gasteiger partial charge on any atom is -0.491 e. The van der Waals surface area contributed by atoms with Gasteiger partial charge in [-0.25, -0.2) is 4.98 Å². The highest BCUT2D eigenvalue weighted by Gasteiger charge is 2.30. The molecule has 2 aliphatic rings. The zero-order valence-electron chi connectivity index (χ0n) is 15.8. The van der Waals surface area contributed by atoms with Crippen LogP contribution in [0.3, 0.4) is 0 Å². The van der Waals surface area contributed by atoms with Crippen LogP contribution in [0.4, 0.5) is 13.2 Å². The number of aromatic nitrogens is 2. The first-order valence-corrected chi connectivity index (χ1v) is 9.77. The Morgan fingerprint density at radius 2 is 1.97 bits per heavy atom. The lowest BCUT2D eigenvalue weighted by Gasteiger charge is -2.30. The van der Waals surface area contributed by atoms with Gasteiger partial charge in [-0.2, -0.15) is 13.2 Å². The number of halogens is 3. The summed E-state index contributed by atoms with van der Waals surface area (Å²) in [6, 6.07) is 5.14. The molecule has 0 saturated heterocycles. The van der Waals surface area contributed by atoms with Crippen LogP contribution in [0.25, 0.3) is 11.3 Å². The Balaban J connectivity index is 1.37. The van der Waals surface area contributed by atoms with Crippen molar-refractivity contribution < 1.29 is 22.7 Å². The van der Waals surface area contributed by atoms with Gasteiger partial charge in [0, 0.05) is 23.2 Å². The predicted molar refractivity (Wildman–Crippen MR) is 101 cm³/mol. The minimum atomic E-state index is -4.20. The number of amides is 1. The second kappa shape index (κ2) is 8.06. The Kier molecular flexibility index (Phi) is 5.49. The van der Waals surface area contributed by atoms with Gasteiger partial charge < -0.3 is 19.9 Å². The predicted octanol–water partition coefficient (Wildman–Crippen LogP) is 3.14. The Bertz CT molecular complexity index is 873. The van der Waals surface area contributed by atoms with Gasteiger partial charge in [0.15, 0.2) is 0 Å². The van der Waals surface area contributed by atoms with E-state index in [4.69, 9.17) is 4.74 Å². The summed E-state index contributed by atoms with van der Waals surface area (Å²) in [4.78, 5) is 16.9. The van der Waals surface area contributed by atoms with Gasteiger partial charge in [0.05, 0.1) is 31.3 Å². The molecule has 9 heteroatoms. The summed E-state index contributed by atoms with van der Waals surface area (Å²) < 4.78 is 44.7. The van der Waals surface area contributed by atoms with Crippen molar-refractivity contribution >= 4 is 5.91 Å². The van der Waals surface area contributed by atoms with E-state index in [0.717, 1.165) is 17.0 Å². The number of hydrogen-bond donors (Lipinski definition) is 2. The molecule has 1 saturated carbocycles. The molecule has 0 radical (unpaired) electrons. The number of nitrogens with zero attached hydrogens (tertiary/aromatic N) is 2. The topological polar surface area (TPSA) is 68.2 Å². The first-order valence-electron chi connectivity index (χ1n) is 9.77. The molecule has 0 spiro atoms. The molecular weight excluding hydrogens is 385 g/mol. The summed E-state index contributed by atoms with van der Waals surface area (Å²) in [5.74, 6) is 0.534. The molecule has 0 atom stereocenters. The van der Waals surface area contributed by atoms with Crippen molar-refractivity contribution in [2.24, 2.45) is 0 Å². The fourth-order valence-corrected chi connectivity index (χ4v) is 3.95. The van der Waals surface area contributed by atoms with Gasteiger partial charge >= 0.3 is 6.18 Å². The van der Waals surface area contributed by atoms with Crippen LogP contribution in [0.1, 0.15) is 36.0 Å². The number of fused-ring (bicyclic) bond motifs is 3. The van der Waals surface area contributed by atoms with Gasteiger partial charge in [-0.3, -0.25) is 4.79 Å². The molecule has 2 heterocycles. The average Bonchev–Trinajstić information content (AvgIpc) is 3.08. The first-order chi connectivity index (χ1) is 13.9. The number of hydrogen-bond acceptors (Lipinski definition) is 4. The van der Waals surface area contributed by atoms with Gasteiger partial charge in [-0.1, -0.05) is 0 Å². The fourth-order valence-electron chi connectivity index (χ4n) is 3.95. The van der Waals surface area contributed by atoms with E-state index < -0.39 is 12.7 Å². The van der Waals surface area contributed by atoms with E-state index in [1.807, 2.05) is 4.57 Å². The molecule has 29 heavy (non-hydrogen) atoms. The third-order valence-electron chi connectivity index (χ3n) is 5.47. The summed E-state index contributed by atoms with van der Waals surface area (Å²) in [7, 11) is 0. The molecule has 2 N–H and O–H groups in total. The number of rotatable bonds is 4. The lowest BCUT2D eigenvalue weighted by atomic mass is 9.91. The quantitative estimate of drug-likeness (QED) is 0.816. The van der Waals surface area contributed by atoms with E-state index in [-0.39, 0.29) is 18.0 Å². The summed E-state index contributed by atoms with van der Waals surface area (Å²) in [6.45, 7) is 0.257. The lowest BCUT2D eigenvalue weighted by molar-refractivity contribution is -0.126. The Labute approximate surface area is 166 Å². The van der Waals surface area contributed by atoms with E-state index in [2.05, 4.69) is 15.6 Å². The third kappa shape index (κ3) is 4.72. The highest BCUT2D eigenvalue weighted by Crippen LogP contribution is 2.33. The van der Waals surface area contributed by atoms with Crippen molar-refractivity contribution in [3.05, 3.63) is 36.3 Å². The molecule has 0 unspecified atom stereocenters.